The topological polar surface area (TPSA) is 115 Å². The van der Waals surface area contributed by atoms with Gasteiger partial charge in [-0.05, 0) is 50.5 Å². The Morgan fingerprint density at radius 2 is 1.64 bits per heavy atom. The lowest BCUT2D eigenvalue weighted by molar-refractivity contribution is 0.145. The van der Waals surface area contributed by atoms with Gasteiger partial charge in [-0.2, -0.15) is 9.61 Å². The van der Waals surface area contributed by atoms with Crippen molar-refractivity contribution in [3.63, 3.8) is 0 Å². The van der Waals surface area contributed by atoms with Crippen LogP contribution in [-0.4, -0.2) is 42.6 Å². The summed E-state index contributed by atoms with van der Waals surface area (Å²) in [5, 5.41) is 4.64. The molecule has 3 aromatic heterocycles. The number of nitrogens with zero attached hydrogens (tertiary/aromatic N) is 5. The van der Waals surface area contributed by atoms with Crippen molar-refractivity contribution in [2.75, 3.05) is 5.73 Å². The lowest BCUT2D eigenvalue weighted by Gasteiger charge is -2.38. The first-order valence-corrected chi connectivity index (χ1v) is 12.8. The highest BCUT2D eigenvalue weighted by atomic mass is 16.2. The number of hydrogen-bond acceptors (Lipinski definition) is 5. The molecule has 3 fully saturated rings. The molecular formula is C28H29N7O. The first-order valence-electron chi connectivity index (χ1n) is 12.8. The first-order chi connectivity index (χ1) is 17.6. The summed E-state index contributed by atoms with van der Waals surface area (Å²) in [5.74, 6) is 1.41. The Hall–Kier alpha value is -3.94. The molecule has 4 aromatic rings. The maximum atomic E-state index is 12.0. The molecule has 2 saturated heterocycles. The summed E-state index contributed by atoms with van der Waals surface area (Å²) in [6, 6.07) is 14.3. The van der Waals surface area contributed by atoms with Gasteiger partial charge in [0.05, 0.1) is 17.6 Å². The van der Waals surface area contributed by atoms with Gasteiger partial charge in [0.15, 0.2) is 5.65 Å². The highest BCUT2D eigenvalue weighted by Crippen LogP contribution is 2.50. The van der Waals surface area contributed by atoms with Crippen LogP contribution in [0.4, 0.5) is 10.6 Å². The van der Waals surface area contributed by atoms with E-state index in [2.05, 4.69) is 23.3 Å². The predicted octanol–water partition coefficient (Wildman–Crippen LogP) is 4.71. The van der Waals surface area contributed by atoms with Crippen molar-refractivity contribution in [3.05, 3.63) is 66.1 Å². The molecule has 182 valence electrons. The molecule has 3 aliphatic rings. The fourth-order valence-corrected chi connectivity index (χ4v) is 6.44. The summed E-state index contributed by atoms with van der Waals surface area (Å²) in [4.78, 5) is 23.9. The molecule has 7 rings (SSSR count). The molecule has 3 atom stereocenters. The number of carbonyl (C=O) groups is 1. The Labute approximate surface area is 209 Å². The minimum Gasteiger partial charge on any atom is -0.383 e. The summed E-state index contributed by atoms with van der Waals surface area (Å²) < 4.78 is 1.80. The molecule has 0 spiro atoms. The first kappa shape index (κ1) is 21.4. The van der Waals surface area contributed by atoms with Crippen molar-refractivity contribution in [2.24, 2.45) is 5.73 Å². The minimum absolute atomic E-state index is 0.191. The van der Waals surface area contributed by atoms with Crippen LogP contribution >= 0.6 is 0 Å². The van der Waals surface area contributed by atoms with Gasteiger partial charge in [-0.3, -0.25) is 4.98 Å². The molecule has 1 aromatic carbocycles. The second-order valence-corrected chi connectivity index (χ2v) is 10.5. The van der Waals surface area contributed by atoms with Gasteiger partial charge in [-0.1, -0.05) is 36.4 Å². The van der Waals surface area contributed by atoms with E-state index in [1.165, 1.54) is 0 Å². The Kier molecular flexibility index (Phi) is 4.77. The van der Waals surface area contributed by atoms with Crippen molar-refractivity contribution in [1.82, 2.24) is 24.5 Å². The van der Waals surface area contributed by atoms with E-state index in [0.717, 1.165) is 77.8 Å². The van der Waals surface area contributed by atoms with Crippen LogP contribution in [0.15, 0.2) is 54.9 Å². The number of amides is 2. The number of primary amides is 1. The number of fused-ring (bicyclic) bond motifs is 3. The molecule has 0 unspecified atom stereocenters. The average molecular weight is 480 g/mol. The number of nitrogen functional groups attached to an aromatic ring is 1. The molecule has 5 heterocycles. The number of nitrogens with two attached hydrogens (primary N) is 2. The van der Waals surface area contributed by atoms with E-state index in [1.54, 1.807) is 4.52 Å². The van der Waals surface area contributed by atoms with Crippen LogP contribution in [0.5, 0.6) is 0 Å². The second kappa shape index (κ2) is 8.05. The molecule has 36 heavy (non-hydrogen) atoms. The molecule has 8 heteroatoms. The lowest BCUT2D eigenvalue weighted by Crippen LogP contribution is -2.48. The predicted molar refractivity (Wildman–Crippen MR) is 138 cm³/mol. The highest BCUT2D eigenvalue weighted by molar-refractivity contribution is 5.79. The lowest BCUT2D eigenvalue weighted by atomic mass is 9.85. The molecular weight excluding hydrogens is 450 g/mol. The maximum absolute atomic E-state index is 12.0. The number of pyridine rings is 1. The zero-order valence-corrected chi connectivity index (χ0v) is 20.0. The molecule has 8 nitrogen and oxygen atoms in total. The normalized spacial score (nSPS) is 23.3. The number of carbonyl (C=O) groups excluding carboxylic acids is 1. The summed E-state index contributed by atoms with van der Waals surface area (Å²) >= 11 is 0. The van der Waals surface area contributed by atoms with Crippen LogP contribution in [0.2, 0.25) is 0 Å². The number of hydrogen-bond donors (Lipinski definition) is 2. The zero-order chi connectivity index (χ0) is 24.4. The summed E-state index contributed by atoms with van der Waals surface area (Å²) in [6.07, 6.45) is 9.80. The third-order valence-corrected chi connectivity index (χ3v) is 8.25. The smallest absolute Gasteiger partial charge is 0.315 e. The fourth-order valence-electron chi connectivity index (χ4n) is 6.44. The van der Waals surface area contributed by atoms with Gasteiger partial charge < -0.3 is 16.4 Å². The van der Waals surface area contributed by atoms with Crippen molar-refractivity contribution < 1.29 is 4.79 Å². The van der Waals surface area contributed by atoms with Crippen LogP contribution < -0.4 is 11.5 Å². The van der Waals surface area contributed by atoms with Gasteiger partial charge in [0, 0.05) is 46.5 Å². The van der Waals surface area contributed by atoms with Crippen LogP contribution in [-0.2, 0) is 0 Å². The van der Waals surface area contributed by atoms with E-state index in [9.17, 15) is 4.79 Å². The molecule has 4 N–H and O–H groups in total. The van der Waals surface area contributed by atoms with Crippen LogP contribution in [0.3, 0.4) is 0 Å². The van der Waals surface area contributed by atoms with Gasteiger partial charge in [-0.15, -0.1) is 0 Å². The van der Waals surface area contributed by atoms with E-state index in [0.29, 0.717) is 11.7 Å². The number of aromatic nitrogens is 4. The van der Waals surface area contributed by atoms with Crippen LogP contribution in [0.25, 0.3) is 28.0 Å². The van der Waals surface area contributed by atoms with E-state index in [-0.39, 0.29) is 24.0 Å². The van der Waals surface area contributed by atoms with E-state index in [4.69, 9.17) is 21.4 Å². The third kappa shape index (κ3) is 3.35. The number of anilines is 1. The highest BCUT2D eigenvalue weighted by Gasteiger charge is 2.45. The van der Waals surface area contributed by atoms with Crippen molar-refractivity contribution in [2.45, 2.75) is 62.4 Å². The SMILES string of the molecule is NC(=O)N1[C@@H]2CC[C@H]1C[C@H](c1nc3c(-c4ccc(-c5ccccc5)nc4)cnn3c(N)c1C1CC1)C2. The molecule has 2 amide bonds. The van der Waals surface area contributed by atoms with E-state index >= 15 is 0 Å². The molecule has 1 aliphatic carbocycles. The van der Waals surface area contributed by atoms with E-state index < -0.39 is 0 Å². The fraction of sp³-hybridized carbons (Fsp3) is 0.357. The second-order valence-electron chi connectivity index (χ2n) is 10.5. The van der Waals surface area contributed by atoms with Gasteiger partial charge >= 0.3 is 6.03 Å². The molecule has 0 radical (unpaired) electrons. The van der Waals surface area contributed by atoms with Gasteiger partial charge in [-0.25, -0.2) is 9.78 Å². The Morgan fingerprint density at radius 3 is 2.28 bits per heavy atom. The van der Waals surface area contributed by atoms with Gasteiger partial charge in [0.1, 0.15) is 5.82 Å². The number of piperidine rings is 1. The molecule has 2 aliphatic heterocycles. The quantitative estimate of drug-likeness (QED) is 0.440. The van der Waals surface area contributed by atoms with Crippen molar-refractivity contribution >= 4 is 17.5 Å². The van der Waals surface area contributed by atoms with Gasteiger partial charge in [0.2, 0.25) is 0 Å². The summed E-state index contributed by atoms with van der Waals surface area (Å²) in [7, 11) is 0. The molecule has 2 bridgehead atoms. The van der Waals surface area contributed by atoms with Crippen LogP contribution in [0.1, 0.15) is 61.6 Å². The van der Waals surface area contributed by atoms with E-state index in [1.807, 2.05) is 41.6 Å². The number of urea groups is 1. The largest absolute Gasteiger partial charge is 0.383 e. The summed E-state index contributed by atoms with van der Waals surface area (Å²) in [5.41, 5.74) is 19.4. The third-order valence-electron chi connectivity index (χ3n) is 8.25. The Balaban J connectivity index is 1.30. The molecule has 1 saturated carbocycles. The average Bonchev–Trinajstić information content (AvgIpc) is 3.58. The Bertz CT molecular complexity index is 1450. The minimum atomic E-state index is -0.296. The Morgan fingerprint density at radius 1 is 0.889 bits per heavy atom. The monoisotopic (exact) mass is 479 g/mol. The van der Waals surface area contributed by atoms with Crippen molar-refractivity contribution in [3.8, 4) is 22.4 Å². The standard InChI is InChI=1S/C28H29N7O/c29-26-24(17-6-7-17)25(19-12-20-9-10-21(13-19)34(20)28(30)36)33-27-22(15-32-35(26)27)18-8-11-23(31-14-18)16-4-2-1-3-5-16/h1-5,8,11,14-15,17,19-21H,6-7,9-10,12-13,29H2,(H2,30,36)/t19-,20-,21+. The summed E-state index contributed by atoms with van der Waals surface area (Å²) in [6.45, 7) is 0. The van der Waals surface area contributed by atoms with Gasteiger partial charge in [0.25, 0.3) is 0 Å². The maximum Gasteiger partial charge on any atom is 0.315 e. The van der Waals surface area contributed by atoms with Crippen LogP contribution in [0, 0.1) is 0 Å². The van der Waals surface area contributed by atoms with Crippen molar-refractivity contribution in [1.29, 1.82) is 0 Å². The number of benzene rings is 1. The number of rotatable bonds is 4. The zero-order valence-electron chi connectivity index (χ0n) is 20.0.